The summed E-state index contributed by atoms with van der Waals surface area (Å²) >= 11 is 0. The van der Waals surface area contributed by atoms with Crippen molar-refractivity contribution in [2.24, 2.45) is 5.92 Å². The van der Waals surface area contributed by atoms with E-state index in [0.29, 0.717) is 32.2 Å². The summed E-state index contributed by atoms with van der Waals surface area (Å²) in [5, 5.41) is 10.8. The monoisotopic (exact) mass is 804 g/mol. The summed E-state index contributed by atoms with van der Waals surface area (Å²) in [6.45, 7) is 5.55. The van der Waals surface area contributed by atoms with E-state index in [0.717, 1.165) is 11.1 Å². The van der Waals surface area contributed by atoms with Crippen molar-refractivity contribution in [3.63, 3.8) is 0 Å². The van der Waals surface area contributed by atoms with Gasteiger partial charge in [0, 0.05) is 38.8 Å². The van der Waals surface area contributed by atoms with E-state index in [1.54, 1.807) is 13.8 Å². The van der Waals surface area contributed by atoms with Crippen LogP contribution in [0.3, 0.4) is 0 Å². The Bertz CT molecular complexity index is 1770. The lowest BCUT2D eigenvalue weighted by Gasteiger charge is -2.28. The van der Waals surface area contributed by atoms with E-state index in [1.807, 2.05) is 60.7 Å². The van der Waals surface area contributed by atoms with E-state index >= 15 is 0 Å². The number of ether oxygens (including phenoxy) is 2. The molecule has 6 atom stereocenters. The summed E-state index contributed by atoms with van der Waals surface area (Å²) in [4.78, 5) is 108. The summed E-state index contributed by atoms with van der Waals surface area (Å²) in [7, 11) is 2.46. The number of nitrogens with zero attached hydrogens (tertiary/aromatic N) is 2. The number of rotatable bonds is 18. The maximum Gasteiger partial charge on any atom is 0.328 e. The Morgan fingerprint density at radius 3 is 1.53 bits per heavy atom. The second-order valence-electron chi connectivity index (χ2n) is 15.0. The molecule has 314 valence electrons. The lowest BCUT2D eigenvalue weighted by Crippen LogP contribution is -2.56. The standard InChI is InChI=1S/C42H56N6O10/c1-26(2)36(42(56)58-5)46-37(51)27(3)43-39(53)32-18-12-22-47(32)34(49)20-21-35(50)48-23-13-19-33(48)40(54)44-30(24-28-14-8-6-9-15-28)38(52)45-31(41(55)57-4)25-29-16-10-7-11-17-29/h6-11,14-17,26-27,30-33,36H,12-13,18-25H2,1-5H3,(H,43,53)(H,44,54)(H,45,52)(H,46,51)/t27-,30-,31-,32-,33-,36-/m0/s1. The molecule has 16 heteroatoms. The molecule has 0 spiro atoms. The van der Waals surface area contributed by atoms with Crippen LogP contribution in [0.4, 0.5) is 0 Å². The molecule has 2 fully saturated rings. The lowest BCUT2D eigenvalue weighted by molar-refractivity contribution is -0.147. The lowest BCUT2D eigenvalue weighted by atomic mass is 10.0. The molecule has 2 aliphatic heterocycles. The zero-order valence-electron chi connectivity index (χ0n) is 33.9. The highest BCUT2D eigenvalue weighted by Gasteiger charge is 2.39. The molecule has 2 saturated heterocycles. The van der Waals surface area contributed by atoms with Crippen LogP contribution in [-0.2, 0) is 60.7 Å². The highest BCUT2D eigenvalue weighted by atomic mass is 16.5. The van der Waals surface area contributed by atoms with Gasteiger partial charge >= 0.3 is 11.9 Å². The normalized spacial score (nSPS) is 18.3. The topological polar surface area (TPSA) is 210 Å². The molecular weight excluding hydrogens is 748 g/mol. The Morgan fingerprint density at radius 2 is 1.07 bits per heavy atom. The first-order valence-corrected chi connectivity index (χ1v) is 19.8. The minimum Gasteiger partial charge on any atom is -0.467 e. The number of amides is 6. The molecule has 0 unspecified atom stereocenters. The molecule has 0 aliphatic carbocycles. The maximum atomic E-state index is 13.8. The molecule has 0 radical (unpaired) electrons. The molecule has 0 aromatic heterocycles. The molecular formula is C42H56N6O10. The van der Waals surface area contributed by atoms with E-state index < -0.39 is 83.6 Å². The van der Waals surface area contributed by atoms with Crippen molar-refractivity contribution in [2.75, 3.05) is 27.3 Å². The van der Waals surface area contributed by atoms with Crippen LogP contribution in [0.2, 0.25) is 0 Å². The van der Waals surface area contributed by atoms with E-state index in [4.69, 9.17) is 9.47 Å². The summed E-state index contributed by atoms with van der Waals surface area (Å²) in [6, 6.07) is 12.5. The van der Waals surface area contributed by atoms with Gasteiger partial charge in [0.05, 0.1) is 14.2 Å². The van der Waals surface area contributed by atoms with Gasteiger partial charge in [0.15, 0.2) is 0 Å². The first-order chi connectivity index (χ1) is 27.7. The molecule has 16 nitrogen and oxygen atoms in total. The number of methoxy groups -OCH3 is 2. The predicted octanol–water partition coefficient (Wildman–Crippen LogP) is 1.20. The fourth-order valence-electron chi connectivity index (χ4n) is 7.24. The Balaban J connectivity index is 1.36. The fourth-order valence-corrected chi connectivity index (χ4v) is 7.24. The van der Waals surface area contributed by atoms with Crippen LogP contribution < -0.4 is 21.3 Å². The Hall–Kier alpha value is -5.80. The van der Waals surface area contributed by atoms with Crippen LogP contribution in [0.5, 0.6) is 0 Å². The SMILES string of the molecule is COC(=O)[C@H](Cc1ccccc1)NC(=O)[C@H](Cc1ccccc1)NC(=O)[C@@H]1CCCN1C(=O)CCC(=O)N1CCC[C@H]1C(=O)N[C@@H](C)C(=O)N[C@H](C(=O)OC)C(C)C. The minimum absolute atomic E-state index is 0.118. The van der Waals surface area contributed by atoms with Crippen LogP contribution in [0, 0.1) is 5.92 Å². The Labute approximate surface area is 339 Å². The van der Waals surface area contributed by atoms with E-state index in [2.05, 4.69) is 21.3 Å². The third-order valence-electron chi connectivity index (χ3n) is 10.5. The third kappa shape index (κ3) is 12.3. The smallest absolute Gasteiger partial charge is 0.328 e. The molecule has 2 aromatic carbocycles. The van der Waals surface area contributed by atoms with Crippen LogP contribution in [0.25, 0.3) is 0 Å². The van der Waals surface area contributed by atoms with Crippen LogP contribution in [-0.4, -0.2) is 121 Å². The average molecular weight is 805 g/mol. The van der Waals surface area contributed by atoms with Gasteiger partial charge in [-0.05, 0) is 49.7 Å². The van der Waals surface area contributed by atoms with Gasteiger partial charge in [-0.25, -0.2) is 9.59 Å². The Morgan fingerprint density at radius 1 is 0.603 bits per heavy atom. The van der Waals surface area contributed by atoms with Crippen LogP contribution >= 0.6 is 0 Å². The summed E-state index contributed by atoms with van der Waals surface area (Å²) in [5.74, 6) is -4.56. The van der Waals surface area contributed by atoms with Crippen molar-refractivity contribution >= 4 is 47.4 Å². The van der Waals surface area contributed by atoms with Crippen molar-refractivity contribution < 1.29 is 47.8 Å². The summed E-state index contributed by atoms with van der Waals surface area (Å²) in [6.07, 6.45) is 1.69. The molecule has 0 saturated carbocycles. The van der Waals surface area contributed by atoms with Gasteiger partial charge in [0.1, 0.15) is 36.3 Å². The molecule has 2 aliphatic rings. The van der Waals surface area contributed by atoms with Gasteiger partial charge in [-0.2, -0.15) is 0 Å². The van der Waals surface area contributed by atoms with Gasteiger partial charge in [-0.15, -0.1) is 0 Å². The van der Waals surface area contributed by atoms with Crippen molar-refractivity contribution in [1.29, 1.82) is 0 Å². The zero-order chi connectivity index (χ0) is 42.4. The first-order valence-electron chi connectivity index (χ1n) is 19.8. The number of hydrogen-bond acceptors (Lipinski definition) is 10. The Kier molecular flexibility index (Phi) is 16.8. The van der Waals surface area contributed by atoms with Gasteiger partial charge in [0.2, 0.25) is 35.4 Å². The number of carbonyl (C=O) groups excluding carboxylic acids is 8. The predicted molar refractivity (Wildman–Crippen MR) is 211 cm³/mol. The molecule has 0 bridgehead atoms. The molecule has 6 amide bonds. The number of hydrogen-bond donors (Lipinski definition) is 4. The fraction of sp³-hybridized carbons (Fsp3) is 0.524. The number of likely N-dealkylation sites (tertiary alicyclic amines) is 2. The molecule has 2 heterocycles. The van der Waals surface area contributed by atoms with E-state index in [9.17, 15) is 38.4 Å². The van der Waals surface area contributed by atoms with Crippen LogP contribution in [0.1, 0.15) is 70.4 Å². The molecule has 4 rings (SSSR count). The second kappa shape index (κ2) is 21.6. The zero-order valence-corrected chi connectivity index (χ0v) is 33.9. The average Bonchev–Trinajstić information content (AvgIpc) is 3.93. The molecule has 58 heavy (non-hydrogen) atoms. The van der Waals surface area contributed by atoms with E-state index in [1.165, 1.54) is 30.9 Å². The van der Waals surface area contributed by atoms with Gasteiger partial charge < -0.3 is 40.5 Å². The first kappa shape index (κ1) is 44.9. The van der Waals surface area contributed by atoms with Crippen LogP contribution in [0.15, 0.2) is 60.7 Å². The number of esters is 2. The summed E-state index contributed by atoms with van der Waals surface area (Å²) < 4.78 is 9.74. The highest BCUT2D eigenvalue weighted by Crippen LogP contribution is 2.22. The maximum absolute atomic E-state index is 13.8. The van der Waals surface area contributed by atoms with E-state index in [-0.39, 0.29) is 38.1 Å². The van der Waals surface area contributed by atoms with Crippen molar-refractivity contribution in [3.8, 4) is 0 Å². The van der Waals surface area contributed by atoms with Gasteiger partial charge in [0.25, 0.3) is 0 Å². The van der Waals surface area contributed by atoms with Crippen molar-refractivity contribution in [2.45, 2.75) is 108 Å². The van der Waals surface area contributed by atoms with Crippen molar-refractivity contribution in [3.05, 3.63) is 71.8 Å². The molecule has 2 aromatic rings. The number of nitrogens with one attached hydrogen (secondary N) is 4. The largest absolute Gasteiger partial charge is 0.467 e. The van der Waals surface area contributed by atoms with Gasteiger partial charge in [-0.3, -0.25) is 28.8 Å². The van der Waals surface area contributed by atoms with Gasteiger partial charge in [-0.1, -0.05) is 74.5 Å². The third-order valence-corrected chi connectivity index (χ3v) is 10.5. The van der Waals surface area contributed by atoms with Crippen molar-refractivity contribution in [1.82, 2.24) is 31.1 Å². The number of benzene rings is 2. The molecule has 4 N–H and O–H groups in total. The summed E-state index contributed by atoms with van der Waals surface area (Å²) in [5.41, 5.74) is 1.57. The highest BCUT2D eigenvalue weighted by molar-refractivity contribution is 5.96. The number of carbonyl (C=O) groups is 8. The minimum atomic E-state index is -1.09. The quantitative estimate of drug-likeness (QED) is 0.158. The second-order valence-corrected chi connectivity index (χ2v) is 15.0.